The van der Waals surface area contributed by atoms with Crippen LogP contribution in [0.5, 0.6) is 11.5 Å². The van der Waals surface area contributed by atoms with E-state index in [4.69, 9.17) is 14.2 Å². The number of aromatic nitrogens is 2. The fourth-order valence-corrected chi connectivity index (χ4v) is 4.60. The summed E-state index contributed by atoms with van der Waals surface area (Å²) in [5, 5.41) is 11.6. The first-order valence-corrected chi connectivity index (χ1v) is 12.9. The van der Waals surface area contributed by atoms with Gasteiger partial charge >= 0.3 is 0 Å². The van der Waals surface area contributed by atoms with E-state index in [1.165, 1.54) is 7.11 Å². The first kappa shape index (κ1) is 27.6. The number of nitrogens with zero attached hydrogens (tertiary/aromatic N) is 4. The van der Waals surface area contributed by atoms with E-state index >= 15 is 0 Å². The zero-order chi connectivity index (χ0) is 27.0. The number of benzene rings is 2. The highest BCUT2D eigenvalue weighted by atomic mass is 16.5. The molecule has 1 atom stereocenters. The molecule has 1 aromatic heterocycles. The van der Waals surface area contributed by atoms with Gasteiger partial charge in [0.05, 0.1) is 13.1 Å². The number of imidazole rings is 1. The van der Waals surface area contributed by atoms with Gasteiger partial charge in [-0.1, -0.05) is 29.8 Å². The van der Waals surface area contributed by atoms with E-state index < -0.39 is 5.60 Å². The summed E-state index contributed by atoms with van der Waals surface area (Å²) in [5.41, 5.74) is 0.998. The van der Waals surface area contributed by atoms with Gasteiger partial charge in [0.15, 0.2) is 0 Å². The number of ether oxygens (including phenoxy) is 3. The first-order valence-electron chi connectivity index (χ1n) is 12.9. The van der Waals surface area contributed by atoms with Gasteiger partial charge in [-0.15, -0.1) is 0 Å². The van der Waals surface area contributed by atoms with Crippen LogP contribution in [0.4, 0.5) is 0 Å². The van der Waals surface area contributed by atoms with Crippen LogP contribution >= 0.6 is 0 Å². The van der Waals surface area contributed by atoms with E-state index in [1.807, 2.05) is 68.6 Å². The van der Waals surface area contributed by atoms with Gasteiger partial charge in [0.2, 0.25) is 5.91 Å². The molecule has 9 heteroatoms. The van der Waals surface area contributed by atoms with Crippen molar-refractivity contribution in [1.82, 2.24) is 19.4 Å². The predicted molar refractivity (Wildman–Crippen MR) is 144 cm³/mol. The van der Waals surface area contributed by atoms with Crippen molar-refractivity contribution < 1.29 is 24.1 Å². The van der Waals surface area contributed by atoms with Crippen molar-refractivity contribution in [1.29, 1.82) is 0 Å². The molecule has 2 aromatic carbocycles. The minimum absolute atomic E-state index is 0.0171. The summed E-state index contributed by atoms with van der Waals surface area (Å²) < 4.78 is 19.0. The highest BCUT2D eigenvalue weighted by Crippen LogP contribution is 2.21. The molecule has 9 nitrogen and oxygen atoms in total. The second kappa shape index (κ2) is 12.9. The van der Waals surface area contributed by atoms with Gasteiger partial charge in [-0.05, 0) is 43.7 Å². The molecule has 0 radical (unpaired) electrons. The quantitative estimate of drug-likeness (QED) is 0.414. The molecule has 2 heterocycles. The summed E-state index contributed by atoms with van der Waals surface area (Å²) in [4.78, 5) is 20.7. The standard InChI is InChI=1S/C29H38N4O5/c1-23-4-8-27(9-5-23)38-22-29(35)20-31(14-15-33(21-29)28(34)19-36-3)18-25-6-10-26(11-7-25)37-17-16-32-13-12-30-24(32)2/h4-13,35H,14-22H2,1-3H3/t29-/m1/s1. The molecule has 0 bridgehead atoms. The number of β-amino-alcohol motifs (C(OH)–C–C–N with tert-alkyl or cyclic N) is 1. The SMILES string of the molecule is COCC(=O)N1CCN(Cc2ccc(OCCn3ccnc3C)cc2)C[C@](O)(COc2ccc(C)cc2)C1. The average molecular weight is 523 g/mol. The minimum Gasteiger partial charge on any atom is -0.492 e. The zero-order valence-electron chi connectivity index (χ0n) is 22.5. The number of aliphatic hydroxyl groups is 1. The van der Waals surface area contributed by atoms with E-state index in [-0.39, 0.29) is 25.7 Å². The number of amides is 1. The van der Waals surface area contributed by atoms with Crippen molar-refractivity contribution in [3.8, 4) is 11.5 Å². The highest BCUT2D eigenvalue weighted by Gasteiger charge is 2.37. The summed E-state index contributed by atoms with van der Waals surface area (Å²) in [7, 11) is 1.50. The lowest BCUT2D eigenvalue weighted by atomic mass is 10.0. The normalized spacial score (nSPS) is 18.3. The monoisotopic (exact) mass is 522 g/mol. The van der Waals surface area contributed by atoms with Crippen molar-refractivity contribution in [3.63, 3.8) is 0 Å². The van der Waals surface area contributed by atoms with E-state index in [0.717, 1.165) is 29.2 Å². The third-order valence-electron chi connectivity index (χ3n) is 6.69. The Kier molecular flexibility index (Phi) is 9.38. The predicted octanol–water partition coefficient (Wildman–Crippen LogP) is 2.68. The maximum atomic E-state index is 12.6. The summed E-state index contributed by atoms with van der Waals surface area (Å²) in [6, 6.07) is 15.7. The summed E-state index contributed by atoms with van der Waals surface area (Å²) in [6.45, 7) is 7.66. The molecule has 0 unspecified atom stereocenters. The van der Waals surface area contributed by atoms with Crippen LogP contribution in [-0.4, -0.2) is 89.1 Å². The molecule has 0 saturated carbocycles. The van der Waals surface area contributed by atoms with E-state index in [2.05, 4.69) is 14.5 Å². The number of hydrogen-bond acceptors (Lipinski definition) is 7. The van der Waals surface area contributed by atoms with Crippen LogP contribution < -0.4 is 9.47 Å². The maximum Gasteiger partial charge on any atom is 0.248 e. The fourth-order valence-electron chi connectivity index (χ4n) is 4.60. The molecule has 0 aliphatic carbocycles. The van der Waals surface area contributed by atoms with Crippen LogP contribution in [0.2, 0.25) is 0 Å². The number of hydrogen-bond donors (Lipinski definition) is 1. The number of rotatable bonds is 11. The van der Waals surface area contributed by atoms with Gasteiger partial charge in [-0.2, -0.15) is 0 Å². The Morgan fingerprint density at radius 2 is 1.71 bits per heavy atom. The molecule has 1 amide bonds. The molecule has 1 N–H and O–H groups in total. The largest absolute Gasteiger partial charge is 0.492 e. The molecule has 1 saturated heterocycles. The fraction of sp³-hybridized carbons (Fsp3) is 0.448. The van der Waals surface area contributed by atoms with Gasteiger partial charge in [-0.3, -0.25) is 9.69 Å². The Hall–Kier alpha value is -3.40. The molecule has 1 aliphatic heterocycles. The molecule has 1 aliphatic rings. The number of carbonyl (C=O) groups is 1. The van der Waals surface area contributed by atoms with Crippen molar-refractivity contribution in [2.24, 2.45) is 0 Å². The topological polar surface area (TPSA) is 89.3 Å². The summed E-state index contributed by atoms with van der Waals surface area (Å²) in [6.07, 6.45) is 3.73. The molecule has 1 fully saturated rings. The zero-order valence-corrected chi connectivity index (χ0v) is 22.5. The van der Waals surface area contributed by atoms with Crippen molar-refractivity contribution >= 4 is 5.91 Å². The Labute approximate surface area is 224 Å². The van der Waals surface area contributed by atoms with Crippen molar-refractivity contribution in [2.75, 3.05) is 53.1 Å². The lowest BCUT2D eigenvalue weighted by Crippen LogP contribution is -2.52. The summed E-state index contributed by atoms with van der Waals surface area (Å²) >= 11 is 0. The molecular formula is C29H38N4O5. The molecular weight excluding hydrogens is 484 g/mol. The highest BCUT2D eigenvalue weighted by molar-refractivity contribution is 5.77. The Morgan fingerprint density at radius 1 is 1.00 bits per heavy atom. The lowest BCUT2D eigenvalue weighted by molar-refractivity contribution is -0.138. The van der Waals surface area contributed by atoms with Gasteiger partial charge in [-0.25, -0.2) is 4.98 Å². The van der Waals surface area contributed by atoms with E-state index in [0.29, 0.717) is 38.5 Å². The van der Waals surface area contributed by atoms with Crippen LogP contribution in [0.25, 0.3) is 0 Å². The van der Waals surface area contributed by atoms with Gasteiger partial charge in [0.25, 0.3) is 0 Å². The molecule has 3 aromatic rings. The third-order valence-corrected chi connectivity index (χ3v) is 6.69. The van der Waals surface area contributed by atoms with Crippen LogP contribution in [0, 0.1) is 13.8 Å². The molecule has 0 spiro atoms. The lowest BCUT2D eigenvalue weighted by Gasteiger charge is -2.33. The summed E-state index contributed by atoms with van der Waals surface area (Å²) in [5.74, 6) is 2.32. The Morgan fingerprint density at radius 3 is 2.39 bits per heavy atom. The minimum atomic E-state index is -1.24. The number of aryl methyl sites for hydroxylation is 2. The first-order chi connectivity index (χ1) is 18.3. The third kappa shape index (κ3) is 7.80. The number of methoxy groups -OCH3 is 1. The molecule has 4 rings (SSSR count). The van der Waals surface area contributed by atoms with Crippen LogP contribution in [-0.2, 0) is 22.6 Å². The van der Waals surface area contributed by atoms with E-state index in [1.54, 1.807) is 11.1 Å². The van der Waals surface area contributed by atoms with Crippen LogP contribution in [0.15, 0.2) is 60.9 Å². The van der Waals surface area contributed by atoms with Gasteiger partial charge in [0, 0.05) is 45.7 Å². The van der Waals surface area contributed by atoms with Crippen molar-refractivity contribution in [3.05, 3.63) is 77.9 Å². The Bertz CT molecular complexity index is 1160. The smallest absolute Gasteiger partial charge is 0.248 e. The van der Waals surface area contributed by atoms with Gasteiger partial charge < -0.3 is 28.8 Å². The number of carbonyl (C=O) groups excluding carboxylic acids is 1. The van der Waals surface area contributed by atoms with E-state index in [9.17, 15) is 9.90 Å². The Balaban J connectivity index is 1.37. The second-order valence-electron chi connectivity index (χ2n) is 9.95. The van der Waals surface area contributed by atoms with Crippen molar-refractivity contribution in [2.45, 2.75) is 32.5 Å². The average Bonchev–Trinajstić information content (AvgIpc) is 3.23. The molecule has 204 valence electrons. The van der Waals surface area contributed by atoms with Crippen LogP contribution in [0.3, 0.4) is 0 Å². The molecule has 38 heavy (non-hydrogen) atoms. The maximum absolute atomic E-state index is 12.6. The second-order valence-corrected chi connectivity index (χ2v) is 9.95. The van der Waals surface area contributed by atoms with Crippen LogP contribution in [0.1, 0.15) is 17.0 Å². The van der Waals surface area contributed by atoms with Gasteiger partial charge in [0.1, 0.15) is 42.7 Å².